The average Bonchev–Trinajstić information content (AvgIpc) is 2.72. The van der Waals surface area contributed by atoms with Crippen molar-refractivity contribution in [2.75, 3.05) is 44.4 Å². The van der Waals surface area contributed by atoms with E-state index in [1.54, 1.807) is 18.2 Å². The molecule has 1 aliphatic rings. The summed E-state index contributed by atoms with van der Waals surface area (Å²) in [4.78, 5) is 33.0. The van der Waals surface area contributed by atoms with Gasteiger partial charge in [0, 0.05) is 31.3 Å². The first kappa shape index (κ1) is 20.5. The Morgan fingerprint density at radius 2 is 2.00 bits per heavy atom. The molecule has 154 valence electrons. The molecular formula is C19H23N5O5. The second-order valence-electron chi connectivity index (χ2n) is 6.51. The van der Waals surface area contributed by atoms with E-state index in [0.717, 1.165) is 18.9 Å². The lowest BCUT2D eigenvalue weighted by Gasteiger charge is -2.28. The van der Waals surface area contributed by atoms with Gasteiger partial charge in [0.25, 0.3) is 5.69 Å². The predicted octanol–water partition coefficient (Wildman–Crippen LogP) is 1.27. The van der Waals surface area contributed by atoms with Gasteiger partial charge in [0.2, 0.25) is 11.8 Å². The van der Waals surface area contributed by atoms with Crippen LogP contribution in [0.25, 0.3) is 0 Å². The number of carbonyl (C=O) groups is 1. The molecule has 1 fully saturated rings. The molecule has 29 heavy (non-hydrogen) atoms. The lowest BCUT2D eigenvalue weighted by Crippen LogP contribution is -2.37. The van der Waals surface area contributed by atoms with Crippen molar-refractivity contribution in [1.82, 2.24) is 15.3 Å². The van der Waals surface area contributed by atoms with Crippen molar-refractivity contribution in [3.8, 4) is 5.88 Å². The molecule has 10 nitrogen and oxygen atoms in total. The van der Waals surface area contributed by atoms with Crippen molar-refractivity contribution < 1.29 is 19.2 Å². The third kappa shape index (κ3) is 6.11. The van der Waals surface area contributed by atoms with Gasteiger partial charge in [-0.15, -0.1) is 0 Å². The van der Waals surface area contributed by atoms with Gasteiger partial charge < -0.3 is 19.7 Å². The SMILES string of the molecule is Cc1nc(OCCNC(=O)Cc2ccc([N+](=O)[O-])cc2)cc(N2CCOCC2)n1. The standard InChI is InChI=1S/C19H23N5O5/c1-14-21-17(23-7-10-28-11-8-23)13-19(22-14)29-9-6-20-18(25)12-15-2-4-16(5-3-15)24(26)27/h2-5,13H,6-12H2,1H3,(H,20,25). The highest BCUT2D eigenvalue weighted by atomic mass is 16.6. The number of non-ortho nitro benzene ring substituents is 1. The van der Waals surface area contributed by atoms with E-state index in [2.05, 4.69) is 20.2 Å². The zero-order chi connectivity index (χ0) is 20.6. The quantitative estimate of drug-likeness (QED) is 0.399. The molecule has 2 aromatic rings. The van der Waals surface area contributed by atoms with E-state index in [1.165, 1.54) is 12.1 Å². The number of carbonyl (C=O) groups excluding carboxylic acids is 1. The number of aryl methyl sites for hydroxylation is 1. The smallest absolute Gasteiger partial charge is 0.269 e. The maximum Gasteiger partial charge on any atom is 0.269 e. The number of ether oxygens (including phenoxy) is 2. The van der Waals surface area contributed by atoms with Crippen molar-refractivity contribution in [2.24, 2.45) is 0 Å². The Bertz CT molecular complexity index is 853. The molecule has 1 aliphatic heterocycles. The van der Waals surface area contributed by atoms with Crippen LogP contribution in [0.1, 0.15) is 11.4 Å². The molecule has 0 aliphatic carbocycles. The van der Waals surface area contributed by atoms with Gasteiger partial charge in [0.1, 0.15) is 18.2 Å². The fraction of sp³-hybridized carbons (Fsp3) is 0.421. The normalized spacial score (nSPS) is 13.8. The number of hydrogen-bond donors (Lipinski definition) is 1. The Morgan fingerprint density at radius 1 is 1.28 bits per heavy atom. The summed E-state index contributed by atoms with van der Waals surface area (Å²) < 4.78 is 11.0. The van der Waals surface area contributed by atoms with Crippen LogP contribution in [-0.2, 0) is 16.0 Å². The predicted molar refractivity (Wildman–Crippen MR) is 105 cm³/mol. The lowest BCUT2D eigenvalue weighted by atomic mass is 10.1. The third-order valence-electron chi connectivity index (χ3n) is 4.32. The van der Waals surface area contributed by atoms with Gasteiger partial charge in [-0.1, -0.05) is 12.1 Å². The highest BCUT2D eigenvalue weighted by Gasteiger charge is 2.14. The van der Waals surface area contributed by atoms with Crippen molar-refractivity contribution in [3.05, 3.63) is 51.8 Å². The van der Waals surface area contributed by atoms with Crippen LogP contribution in [0.4, 0.5) is 11.5 Å². The summed E-state index contributed by atoms with van der Waals surface area (Å²) in [6, 6.07) is 7.71. The van der Waals surface area contributed by atoms with Crippen LogP contribution in [0.3, 0.4) is 0 Å². The number of aromatic nitrogens is 2. The summed E-state index contributed by atoms with van der Waals surface area (Å²) in [5.74, 6) is 1.70. The van der Waals surface area contributed by atoms with Crippen LogP contribution in [0.2, 0.25) is 0 Å². The first-order chi connectivity index (χ1) is 14.0. The van der Waals surface area contributed by atoms with Crippen molar-refractivity contribution in [1.29, 1.82) is 0 Å². The molecule has 0 radical (unpaired) electrons. The van der Waals surface area contributed by atoms with E-state index < -0.39 is 4.92 Å². The van der Waals surface area contributed by atoms with Gasteiger partial charge in [-0.05, 0) is 12.5 Å². The molecule has 2 heterocycles. The molecule has 0 spiro atoms. The summed E-state index contributed by atoms with van der Waals surface area (Å²) in [5, 5.41) is 13.4. The Kier molecular flexibility index (Phi) is 6.90. The van der Waals surface area contributed by atoms with Crippen molar-refractivity contribution in [3.63, 3.8) is 0 Å². The Labute approximate surface area is 168 Å². The molecule has 0 bridgehead atoms. The second kappa shape index (κ2) is 9.78. The van der Waals surface area contributed by atoms with Crippen LogP contribution in [0, 0.1) is 17.0 Å². The summed E-state index contributed by atoms with van der Waals surface area (Å²) >= 11 is 0. The van der Waals surface area contributed by atoms with E-state index in [4.69, 9.17) is 9.47 Å². The fourth-order valence-corrected chi connectivity index (χ4v) is 2.88. The molecule has 1 amide bonds. The molecule has 3 rings (SSSR count). The number of nitro groups is 1. The van der Waals surface area contributed by atoms with Crippen molar-refractivity contribution >= 4 is 17.4 Å². The van der Waals surface area contributed by atoms with Crippen LogP contribution in [0.5, 0.6) is 5.88 Å². The number of anilines is 1. The number of amides is 1. The number of nitrogens with one attached hydrogen (secondary N) is 1. The van der Waals surface area contributed by atoms with E-state index in [0.29, 0.717) is 37.0 Å². The zero-order valence-corrected chi connectivity index (χ0v) is 16.2. The van der Waals surface area contributed by atoms with Crippen LogP contribution < -0.4 is 15.0 Å². The minimum atomic E-state index is -0.472. The number of rotatable bonds is 8. The third-order valence-corrected chi connectivity index (χ3v) is 4.32. The lowest BCUT2D eigenvalue weighted by molar-refractivity contribution is -0.384. The summed E-state index contributed by atoms with van der Waals surface area (Å²) in [5.41, 5.74) is 0.703. The van der Waals surface area contributed by atoms with Crippen LogP contribution in [-0.4, -0.2) is 60.3 Å². The molecule has 0 saturated carbocycles. The number of nitro benzene ring substituents is 1. The van der Waals surface area contributed by atoms with Crippen LogP contribution >= 0.6 is 0 Å². The topological polar surface area (TPSA) is 120 Å². The first-order valence-electron chi connectivity index (χ1n) is 9.32. The van der Waals surface area contributed by atoms with Gasteiger partial charge >= 0.3 is 0 Å². The molecule has 1 aromatic heterocycles. The minimum absolute atomic E-state index is 0.000786. The Morgan fingerprint density at radius 3 is 2.69 bits per heavy atom. The van der Waals surface area contributed by atoms with Crippen LogP contribution in [0.15, 0.2) is 30.3 Å². The molecule has 10 heteroatoms. The maximum absolute atomic E-state index is 12.0. The van der Waals surface area contributed by atoms with E-state index in [1.807, 2.05) is 6.92 Å². The van der Waals surface area contributed by atoms with E-state index in [-0.39, 0.29) is 24.6 Å². The Hall–Kier alpha value is -3.27. The zero-order valence-electron chi connectivity index (χ0n) is 16.2. The molecule has 0 unspecified atom stereocenters. The maximum atomic E-state index is 12.0. The minimum Gasteiger partial charge on any atom is -0.476 e. The van der Waals surface area contributed by atoms with Gasteiger partial charge in [0.05, 0.1) is 31.1 Å². The highest BCUT2D eigenvalue weighted by Crippen LogP contribution is 2.18. The van der Waals surface area contributed by atoms with Gasteiger partial charge in [-0.25, -0.2) is 4.98 Å². The van der Waals surface area contributed by atoms with Crippen molar-refractivity contribution in [2.45, 2.75) is 13.3 Å². The number of hydrogen-bond acceptors (Lipinski definition) is 8. The van der Waals surface area contributed by atoms with E-state index >= 15 is 0 Å². The summed E-state index contributed by atoms with van der Waals surface area (Å²) in [6.45, 7) is 5.28. The van der Waals surface area contributed by atoms with E-state index in [9.17, 15) is 14.9 Å². The fourth-order valence-electron chi connectivity index (χ4n) is 2.88. The van der Waals surface area contributed by atoms with Gasteiger partial charge in [-0.3, -0.25) is 14.9 Å². The summed E-state index contributed by atoms with van der Waals surface area (Å²) in [6.07, 6.45) is 0.145. The number of nitrogens with zero attached hydrogens (tertiary/aromatic N) is 4. The molecular weight excluding hydrogens is 378 g/mol. The monoisotopic (exact) mass is 401 g/mol. The average molecular weight is 401 g/mol. The highest BCUT2D eigenvalue weighted by molar-refractivity contribution is 5.78. The Balaban J connectivity index is 1.44. The second-order valence-corrected chi connectivity index (χ2v) is 6.51. The number of benzene rings is 1. The summed E-state index contributed by atoms with van der Waals surface area (Å²) in [7, 11) is 0. The molecule has 0 atom stereocenters. The van der Waals surface area contributed by atoms with Gasteiger partial charge in [0.15, 0.2) is 0 Å². The number of morpholine rings is 1. The largest absolute Gasteiger partial charge is 0.476 e. The molecule has 1 saturated heterocycles. The van der Waals surface area contributed by atoms with Gasteiger partial charge in [-0.2, -0.15) is 4.98 Å². The first-order valence-corrected chi connectivity index (χ1v) is 9.32. The molecule has 1 aromatic carbocycles. The molecule has 1 N–H and O–H groups in total.